The molecule has 8 heteroatoms. The van der Waals surface area contributed by atoms with E-state index in [-0.39, 0.29) is 12.8 Å². The second-order valence-electron chi connectivity index (χ2n) is 5.18. The molecule has 1 aliphatic rings. The molecular formula is C14H14Cl2N4O2. The zero-order valence-electron chi connectivity index (χ0n) is 11.8. The lowest BCUT2D eigenvalue weighted by molar-refractivity contribution is -0.119. The number of amides is 1. The Balaban J connectivity index is 2.08. The van der Waals surface area contributed by atoms with E-state index in [1.54, 1.807) is 28.0 Å². The first kappa shape index (κ1) is 15.3. The highest BCUT2D eigenvalue weighted by atomic mass is 35.5. The van der Waals surface area contributed by atoms with Crippen molar-refractivity contribution in [1.82, 2.24) is 19.7 Å². The van der Waals surface area contributed by atoms with Gasteiger partial charge in [0.1, 0.15) is 25.0 Å². The average molecular weight is 341 g/mol. The Morgan fingerprint density at radius 2 is 2.32 bits per heavy atom. The number of carbonyl (C=O) groups excluding carboxylic acids is 1. The van der Waals surface area contributed by atoms with E-state index >= 15 is 0 Å². The van der Waals surface area contributed by atoms with Crippen molar-refractivity contribution in [1.29, 1.82) is 0 Å². The molecule has 0 spiro atoms. The number of benzene rings is 1. The molecule has 2 atom stereocenters. The van der Waals surface area contributed by atoms with Crippen LogP contribution in [0.15, 0.2) is 30.9 Å². The third-order valence-corrected chi connectivity index (χ3v) is 4.58. The second kappa shape index (κ2) is 5.87. The van der Waals surface area contributed by atoms with Crippen LogP contribution in [-0.4, -0.2) is 38.8 Å². The Labute approximate surface area is 137 Å². The first-order chi connectivity index (χ1) is 10.6. The fourth-order valence-electron chi connectivity index (χ4n) is 2.77. The summed E-state index contributed by atoms with van der Waals surface area (Å²) in [4.78, 5) is 16.8. The monoisotopic (exact) mass is 340 g/mol. The van der Waals surface area contributed by atoms with Gasteiger partial charge in [-0.3, -0.25) is 4.79 Å². The van der Waals surface area contributed by atoms with Crippen LogP contribution < -0.4 is 0 Å². The molecule has 0 unspecified atom stereocenters. The lowest BCUT2D eigenvalue weighted by Crippen LogP contribution is -2.44. The van der Waals surface area contributed by atoms with Crippen molar-refractivity contribution in [2.45, 2.75) is 25.1 Å². The Morgan fingerprint density at radius 1 is 1.50 bits per heavy atom. The van der Waals surface area contributed by atoms with Gasteiger partial charge < -0.3 is 9.64 Å². The van der Waals surface area contributed by atoms with Gasteiger partial charge in [0, 0.05) is 15.6 Å². The van der Waals surface area contributed by atoms with E-state index in [1.807, 2.05) is 13.0 Å². The predicted octanol–water partition coefficient (Wildman–Crippen LogP) is 2.31. The van der Waals surface area contributed by atoms with Gasteiger partial charge in [0.05, 0.1) is 12.6 Å². The molecule has 3 rings (SSSR count). The minimum absolute atomic E-state index is 0.193. The molecule has 1 aromatic heterocycles. The molecule has 1 aromatic carbocycles. The Kier molecular flexibility index (Phi) is 4.08. The van der Waals surface area contributed by atoms with Gasteiger partial charge in [-0.05, 0) is 19.1 Å². The fourth-order valence-corrected chi connectivity index (χ4v) is 3.33. The Morgan fingerprint density at radius 3 is 2.91 bits per heavy atom. The number of ether oxygens (including phenoxy) is 1. The maximum Gasteiger partial charge on any atom is 0.211 e. The first-order valence-electron chi connectivity index (χ1n) is 6.70. The molecule has 1 aliphatic heterocycles. The smallest absolute Gasteiger partial charge is 0.211 e. The molecule has 22 heavy (non-hydrogen) atoms. The second-order valence-corrected chi connectivity index (χ2v) is 6.02. The molecule has 1 amide bonds. The highest BCUT2D eigenvalue weighted by molar-refractivity contribution is 6.35. The number of nitrogens with zero attached hydrogens (tertiary/aromatic N) is 4. The van der Waals surface area contributed by atoms with Gasteiger partial charge in [-0.2, -0.15) is 5.10 Å². The number of carbonyl (C=O) groups is 1. The van der Waals surface area contributed by atoms with Crippen LogP contribution in [0.2, 0.25) is 10.0 Å². The number of halogens is 2. The van der Waals surface area contributed by atoms with Crippen molar-refractivity contribution < 1.29 is 9.53 Å². The molecule has 0 bridgehead atoms. The van der Waals surface area contributed by atoms with Gasteiger partial charge >= 0.3 is 0 Å². The molecule has 1 fully saturated rings. The maximum absolute atomic E-state index is 11.2. The molecule has 0 radical (unpaired) electrons. The topological polar surface area (TPSA) is 60.2 Å². The van der Waals surface area contributed by atoms with E-state index < -0.39 is 5.60 Å². The molecule has 2 aromatic rings. The SMILES string of the molecule is C[C@H]1N(C=O)CO[C@@]1(Cn1cncn1)c1ccc(Cl)cc1Cl. The van der Waals surface area contributed by atoms with E-state index in [4.69, 9.17) is 27.9 Å². The summed E-state index contributed by atoms with van der Waals surface area (Å²) in [6, 6.07) is 5.03. The summed E-state index contributed by atoms with van der Waals surface area (Å²) in [5, 5.41) is 5.17. The van der Waals surface area contributed by atoms with Gasteiger partial charge in [0.15, 0.2) is 0 Å². The summed E-state index contributed by atoms with van der Waals surface area (Å²) in [5.41, 5.74) is -0.0399. The number of hydrogen-bond acceptors (Lipinski definition) is 4. The number of rotatable bonds is 4. The highest BCUT2D eigenvalue weighted by Gasteiger charge is 2.49. The van der Waals surface area contributed by atoms with Crippen LogP contribution in [0.4, 0.5) is 0 Å². The van der Waals surface area contributed by atoms with Crippen LogP contribution in [0.25, 0.3) is 0 Å². The molecular weight excluding hydrogens is 327 g/mol. The summed E-state index contributed by atoms with van der Waals surface area (Å²) >= 11 is 12.4. The predicted molar refractivity (Wildman–Crippen MR) is 81.5 cm³/mol. The zero-order valence-corrected chi connectivity index (χ0v) is 13.3. The fraction of sp³-hybridized carbons (Fsp3) is 0.357. The van der Waals surface area contributed by atoms with Crippen LogP contribution in [-0.2, 0) is 21.7 Å². The average Bonchev–Trinajstić information content (AvgIpc) is 3.09. The van der Waals surface area contributed by atoms with Crippen LogP contribution >= 0.6 is 23.2 Å². The van der Waals surface area contributed by atoms with E-state index in [9.17, 15) is 4.79 Å². The van der Waals surface area contributed by atoms with Gasteiger partial charge in [0.25, 0.3) is 0 Å². The third-order valence-electron chi connectivity index (χ3n) is 4.03. The number of aromatic nitrogens is 3. The summed E-state index contributed by atoms with van der Waals surface area (Å²) in [5.74, 6) is 0. The molecule has 0 N–H and O–H groups in total. The lowest BCUT2D eigenvalue weighted by Gasteiger charge is -2.34. The molecule has 6 nitrogen and oxygen atoms in total. The van der Waals surface area contributed by atoms with Crippen LogP contribution in [0.1, 0.15) is 12.5 Å². The summed E-state index contributed by atoms with van der Waals surface area (Å²) in [6.45, 7) is 2.50. The van der Waals surface area contributed by atoms with Crippen molar-refractivity contribution in [2.75, 3.05) is 6.73 Å². The van der Waals surface area contributed by atoms with E-state index in [0.717, 1.165) is 12.0 Å². The summed E-state index contributed by atoms with van der Waals surface area (Å²) in [6.07, 6.45) is 3.83. The highest BCUT2D eigenvalue weighted by Crippen LogP contribution is 2.42. The minimum Gasteiger partial charge on any atom is -0.346 e. The first-order valence-corrected chi connectivity index (χ1v) is 7.45. The molecule has 0 saturated carbocycles. The molecule has 1 saturated heterocycles. The van der Waals surface area contributed by atoms with E-state index in [2.05, 4.69) is 10.1 Å². The van der Waals surface area contributed by atoms with Gasteiger partial charge in [-0.15, -0.1) is 0 Å². The van der Waals surface area contributed by atoms with Crippen molar-refractivity contribution in [3.63, 3.8) is 0 Å². The minimum atomic E-state index is -0.809. The standard InChI is InChI=1S/C14H14Cl2N4O2/c1-10-14(22-9-19(10)8-21,5-20-7-17-6-18-20)12-3-2-11(15)4-13(12)16/h2-4,6-8,10H,5,9H2,1H3/t10-,14-/m1/s1. The van der Waals surface area contributed by atoms with Gasteiger partial charge in [0.2, 0.25) is 6.41 Å². The molecule has 116 valence electrons. The summed E-state index contributed by atoms with van der Waals surface area (Å²) < 4.78 is 7.68. The quantitative estimate of drug-likeness (QED) is 0.801. The third kappa shape index (κ3) is 2.47. The lowest BCUT2D eigenvalue weighted by atomic mass is 9.87. The Hall–Kier alpha value is -1.63. The van der Waals surface area contributed by atoms with E-state index in [1.165, 1.54) is 6.33 Å². The van der Waals surface area contributed by atoms with Crippen molar-refractivity contribution >= 4 is 29.6 Å². The largest absolute Gasteiger partial charge is 0.346 e. The van der Waals surface area contributed by atoms with Crippen molar-refractivity contribution in [2.24, 2.45) is 0 Å². The van der Waals surface area contributed by atoms with Crippen molar-refractivity contribution in [3.05, 3.63) is 46.5 Å². The van der Waals surface area contributed by atoms with Crippen LogP contribution in [0, 0.1) is 0 Å². The van der Waals surface area contributed by atoms with Gasteiger partial charge in [-0.25, -0.2) is 9.67 Å². The normalized spacial score (nSPS) is 24.7. The van der Waals surface area contributed by atoms with E-state index in [0.29, 0.717) is 16.6 Å². The van der Waals surface area contributed by atoms with Gasteiger partial charge in [-0.1, -0.05) is 29.3 Å². The van der Waals surface area contributed by atoms with Crippen molar-refractivity contribution in [3.8, 4) is 0 Å². The maximum atomic E-state index is 11.2. The zero-order chi connectivity index (χ0) is 15.7. The molecule has 2 heterocycles. The van der Waals surface area contributed by atoms with Crippen LogP contribution in [0.3, 0.4) is 0 Å². The Bertz CT molecular complexity index is 679. The number of hydrogen-bond donors (Lipinski definition) is 0. The molecule has 0 aliphatic carbocycles. The summed E-state index contributed by atoms with van der Waals surface area (Å²) in [7, 11) is 0. The van der Waals surface area contributed by atoms with Crippen LogP contribution in [0.5, 0.6) is 0 Å².